The number of hydrogen-bond donors (Lipinski definition) is 2. The lowest BCUT2D eigenvalue weighted by Gasteiger charge is -2.26. The number of aromatic nitrogens is 5. The number of carbonyl (C=O) groups excluding carboxylic acids is 1. The fourth-order valence-electron chi connectivity index (χ4n) is 3.07. The molecule has 9 nitrogen and oxygen atoms in total. The van der Waals surface area contributed by atoms with Gasteiger partial charge in [-0.25, -0.2) is 4.68 Å². The monoisotopic (exact) mass is 349 g/mol. The Balaban J connectivity index is 1.45. The largest absolute Gasteiger partial charge is 0.378 e. The summed E-state index contributed by atoms with van der Waals surface area (Å²) in [6, 6.07) is 0. The van der Waals surface area contributed by atoms with Crippen LogP contribution in [-0.2, 0) is 22.4 Å². The molecule has 0 saturated carbocycles. The van der Waals surface area contributed by atoms with Crippen molar-refractivity contribution < 1.29 is 9.53 Å². The molecule has 0 spiro atoms. The van der Waals surface area contributed by atoms with Gasteiger partial charge in [-0.3, -0.25) is 9.89 Å². The number of nitrogens with one attached hydrogen (secondary N) is 1. The summed E-state index contributed by atoms with van der Waals surface area (Å²) in [5, 5.41) is 16.2. The van der Waals surface area contributed by atoms with Crippen LogP contribution in [0.3, 0.4) is 0 Å². The van der Waals surface area contributed by atoms with Gasteiger partial charge >= 0.3 is 0 Å². The van der Waals surface area contributed by atoms with Gasteiger partial charge in [0.2, 0.25) is 16.9 Å². The third-order valence-electron chi connectivity index (χ3n) is 4.37. The highest BCUT2D eigenvalue weighted by Crippen LogP contribution is 2.30. The lowest BCUT2D eigenvalue weighted by Crippen LogP contribution is -2.41. The molecule has 0 aromatic carbocycles. The van der Waals surface area contributed by atoms with Crippen LogP contribution in [0.5, 0.6) is 0 Å². The van der Waals surface area contributed by atoms with Gasteiger partial charge < -0.3 is 15.5 Å². The average molecular weight is 349 g/mol. The molecule has 3 N–H and O–H groups in total. The molecule has 0 bridgehead atoms. The number of H-pyrrole nitrogens is 1. The second-order valence-corrected chi connectivity index (χ2v) is 6.78. The number of amides is 1. The van der Waals surface area contributed by atoms with E-state index >= 15 is 0 Å². The predicted molar refractivity (Wildman–Crippen MR) is 87.9 cm³/mol. The standard InChI is InChI=1S/C14H19N7O2S/c15-21-13(12-9-2-1-3-10(9)16-17-12)18-19-14(21)24-8-11(22)20-4-6-23-7-5-20/h1-8,15H2,(H,16,17). The van der Waals surface area contributed by atoms with Crippen LogP contribution in [0.4, 0.5) is 0 Å². The van der Waals surface area contributed by atoms with Crippen LogP contribution in [0.2, 0.25) is 0 Å². The highest BCUT2D eigenvalue weighted by atomic mass is 32.2. The molecule has 2 aliphatic rings. The number of aromatic amines is 1. The lowest BCUT2D eigenvalue weighted by molar-refractivity contribution is -0.132. The van der Waals surface area contributed by atoms with Crippen molar-refractivity contribution in [2.45, 2.75) is 24.4 Å². The molecule has 1 amide bonds. The SMILES string of the molecule is Nn1c(SCC(=O)N2CCOCC2)nnc1-c1n[nH]c2c1CCC2. The van der Waals surface area contributed by atoms with Crippen molar-refractivity contribution in [1.82, 2.24) is 30.0 Å². The Labute approximate surface area is 142 Å². The summed E-state index contributed by atoms with van der Waals surface area (Å²) in [5.41, 5.74) is 3.10. The average Bonchev–Trinajstić information content (AvgIpc) is 3.30. The lowest BCUT2D eigenvalue weighted by atomic mass is 10.2. The molecule has 1 aliphatic heterocycles. The Morgan fingerprint density at radius 2 is 2.12 bits per heavy atom. The van der Waals surface area contributed by atoms with Crippen molar-refractivity contribution >= 4 is 17.7 Å². The van der Waals surface area contributed by atoms with E-state index in [0.29, 0.717) is 37.3 Å². The number of thioether (sulfide) groups is 1. The van der Waals surface area contributed by atoms with E-state index < -0.39 is 0 Å². The van der Waals surface area contributed by atoms with E-state index in [-0.39, 0.29) is 11.7 Å². The van der Waals surface area contributed by atoms with Crippen LogP contribution in [0, 0.1) is 0 Å². The van der Waals surface area contributed by atoms with Crippen molar-refractivity contribution in [1.29, 1.82) is 0 Å². The zero-order chi connectivity index (χ0) is 16.5. The van der Waals surface area contributed by atoms with Crippen LogP contribution in [-0.4, -0.2) is 67.9 Å². The minimum atomic E-state index is 0.0634. The van der Waals surface area contributed by atoms with Gasteiger partial charge in [0.25, 0.3) is 0 Å². The summed E-state index contributed by atoms with van der Waals surface area (Å²) in [6.45, 7) is 2.47. The van der Waals surface area contributed by atoms with Crippen LogP contribution >= 0.6 is 11.8 Å². The highest BCUT2D eigenvalue weighted by molar-refractivity contribution is 7.99. The first-order valence-corrected chi connectivity index (χ1v) is 8.98. The van der Waals surface area contributed by atoms with E-state index in [1.54, 1.807) is 4.90 Å². The highest BCUT2D eigenvalue weighted by Gasteiger charge is 2.24. The summed E-state index contributed by atoms with van der Waals surface area (Å²) in [4.78, 5) is 14.0. The number of rotatable bonds is 4. The second-order valence-electron chi connectivity index (χ2n) is 5.84. The van der Waals surface area contributed by atoms with Gasteiger partial charge in [0.1, 0.15) is 5.69 Å². The van der Waals surface area contributed by atoms with E-state index in [2.05, 4.69) is 20.4 Å². The van der Waals surface area contributed by atoms with Gasteiger partial charge in [-0.2, -0.15) is 5.10 Å². The molecule has 128 valence electrons. The number of nitrogen functional groups attached to an aromatic ring is 1. The van der Waals surface area contributed by atoms with E-state index in [9.17, 15) is 4.79 Å². The number of carbonyl (C=O) groups is 1. The van der Waals surface area contributed by atoms with Gasteiger partial charge in [0.15, 0.2) is 0 Å². The first-order valence-electron chi connectivity index (χ1n) is 7.99. The number of nitrogens with two attached hydrogens (primary N) is 1. The van der Waals surface area contributed by atoms with Gasteiger partial charge in [0, 0.05) is 24.3 Å². The van der Waals surface area contributed by atoms with Crippen molar-refractivity contribution in [2.24, 2.45) is 0 Å². The minimum absolute atomic E-state index is 0.0634. The van der Waals surface area contributed by atoms with Gasteiger partial charge in [-0.15, -0.1) is 10.2 Å². The Bertz CT molecular complexity index is 750. The molecule has 0 unspecified atom stereocenters. The van der Waals surface area contributed by atoms with Gasteiger partial charge in [-0.1, -0.05) is 11.8 Å². The first kappa shape index (κ1) is 15.5. The summed E-state index contributed by atoms with van der Waals surface area (Å²) >= 11 is 1.29. The molecule has 2 aromatic rings. The van der Waals surface area contributed by atoms with Crippen LogP contribution in [0.1, 0.15) is 17.7 Å². The zero-order valence-electron chi connectivity index (χ0n) is 13.2. The summed E-state index contributed by atoms with van der Waals surface area (Å²) in [5.74, 6) is 7.01. The predicted octanol–water partition coefficient (Wildman–Crippen LogP) is -0.178. The second kappa shape index (κ2) is 6.44. The Kier molecular flexibility index (Phi) is 4.15. The van der Waals surface area contributed by atoms with Crippen molar-refractivity contribution in [3.8, 4) is 11.5 Å². The third kappa shape index (κ3) is 2.75. The fourth-order valence-corrected chi connectivity index (χ4v) is 3.83. The molecule has 10 heteroatoms. The number of aryl methyl sites for hydroxylation is 1. The molecule has 1 fully saturated rings. The quantitative estimate of drug-likeness (QED) is 0.581. The molecule has 0 atom stereocenters. The van der Waals surface area contributed by atoms with Crippen molar-refractivity contribution in [3.63, 3.8) is 0 Å². The molecule has 1 aliphatic carbocycles. The minimum Gasteiger partial charge on any atom is -0.378 e. The van der Waals surface area contributed by atoms with Crippen LogP contribution < -0.4 is 5.84 Å². The van der Waals surface area contributed by atoms with E-state index in [1.807, 2.05) is 0 Å². The Hall–Kier alpha value is -2.07. The van der Waals surface area contributed by atoms with Crippen molar-refractivity contribution in [3.05, 3.63) is 11.3 Å². The molecule has 2 aromatic heterocycles. The number of nitrogens with zero attached hydrogens (tertiary/aromatic N) is 5. The Morgan fingerprint density at radius 1 is 1.29 bits per heavy atom. The summed E-state index contributed by atoms with van der Waals surface area (Å²) in [7, 11) is 0. The first-order chi connectivity index (χ1) is 11.7. The molecule has 4 rings (SSSR count). The van der Waals surface area contributed by atoms with Crippen molar-refractivity contribution in [2.75, 3.05) is 37.9 Å². The molecular weight excluding hydrogens is 330 g/mol. The maximum absolute atomic E-state index is 12.2. The normalized spacial score (nSPS) is 17.2. The van der Waals surface area contributed by atoms with Gasteiger partial charge in [0.05, 0.1) is 19.0 Å². The molecular formula is C14H19N7O2S. The van der Waals surface area contributed by atoms with E-state index in [1.165, 1.54) is 22.0 Å². The van der Waals surface area contributed by atoms with E-state index in [4.69, 9.17) is 10.6 Å². The molecule has 0 radical (unpaired) electrons. The number of morpholine rings is 1. The molecule has 1 saturated heterocycles. The molecule has 24 heavy (non-hydrogen) atoms. The molecule has 3 heterocycles. The maximum Gasteiger partial charge on any atom is 0.233 e. The zero-order valence-corrected chi connectivity index (χ0v) is 14.0. The topological polar surface area (TPSA) is 115 Å². The number of ether oxygens (including phenoxy) is 1. The summed E-state index contributed by atoms with van der Waals surface area (Å²) in [6.07, 6.45) is 3.10. The smallest absolute Gasteiger partial charge is 0.233 e. The van der Waals surface area contributed by atoms with Crippen LogP contribution in [0.15, 0.2) is 5.16 Å². The Morgan fingerprint density at radius 3 is 2.96 bits per heavy atom. The third-order valence-corrected chi connectivity index (χ3v) is 5.30. The number of fused-ring (bicyclic) bond motifs is 1. The van der Waals surface area contributed by atoms with E-state index in [0.717, 1.165) is 30.7 Å². The fraction of sp³-hybridized carbons (Fsp3) is 0.571. The van der Waals surface area contributed by atoms with Crippen LogP contribution in [0.25, 0.3) is 11.5 Å². The maximum atomic E-state index is 12.2. The number of hydrogen-bond acceptors (Lipinski definition) is 7. The summed E-state index contributed by atoms with van der Waals surface area (Å²) < 4.78 is 6.68. The van der Waals surface area contributed by atoms with Gasteiger partial charge in [-0.05, 0) is 19.3 Å².